The zero-order valence-electron chi connectivity index (χ0n) is 10.4. The van der Waals surface area contributed by atoms with Crippen LogP contribution < -0.4 is 0 Å². The van der Waals surface area contributed by atoms with Crippen LogP contribution in [0.3, 0.4) is 0 Å². The first-order chi connectivity index (χ1) is 8.02. The lowest BCUT2D eigenvalue weighted by Gasteiger charge is -2.33. The molecule has 0 heterocycles. The van der Waals surface area contributed by atoms with Gasteiger partial charge >= 0.3 is 0 Å². The van der Waals surface area contributed by atoms with Gasteiger partial charge in [-0.25, -0.2) is 0 Å². The monoisotopic (exact) mass is 312 g/mol. The van der Waals surface area contributed by atoms with Crippen molar-refractivity contribution < 1.29 is 0 Å². The third-order valence-corrected chi connectivity index (χ3v) is 4.45. The predicted molar refractivity (Wildman–Crippen MR) is 79.8 cm³/mol. The van der Waals surface area contributed by atoms with Gasteiger partial charge in [0.1, 0.15) is 0 Å². The maximum Gasteiger partial charge on any atom is 0.0406 e. The first-order valence-electron chi connectivity index (χ1n) is 6.05. The highest BCUT2D eigenvalue weighted by atomic mass is 79.9. The van der Waals surface area contributed by atoms with E-state index < -0.39 is 0 Å². The van der Waals surface area contributed by atoms with E-state index in [1.807, 2.05) is 12.1 Å². The van der Waals surface area contributed by atoms with Crippen LogP contribution in [0.2, 0.25) is 5.02 Å². The number of benzene rings is 1. The van der Waals surface area contributed by atoms with Gasteiger partial charge in [0, 0.05) is 10.4 Å². The summed E-state index contributed by atoms with van der Waals surface area (Å²) in [6, 6.07) is 8.24. The van der Waals surface area contributed by atoms with E-state index in [1.165, 1.54) is 30.4 Å². The molecule has 0 amide bonds. The van der Waals surface area contributed by atoms with Crippen molar-refractivity contribution in [2.75, 3.05) is 5.33 Å². The quantitative estimate of drug-likeness (QED) is 0.614. The summed E-state index contributed by atoms with van der Waals surface area (Å²) in [5, 5.41) is 1.79. The molecule has 1 aliphatic carbocycles. The first-order valence-corrected chi connectivity index (χ1v) is 7.54. The SMILES string of the molecule is CC1(C)CCC(c2ccc(Cl)cc2)=C(CBr)C1. The number of rotatable bonds is 2. The lowest BCUT2D eigenvalue weighted by molar-refractivity contribution is 0.325. The van der Waals surface area contributed by atoms with Gasteiger partial charge in [-0.05, 0) is 47.9 Å². The molecule has 92 valence electrons. The summed E-state index contributed by atoms with van der Waals surface area (Å²) in [7, 11) is 0. The summed E-state index contributed by atoms with van der Waals surface area (Å²) in [6.45, 7) is 4.71. The fraction of sp³-hybridized carbons (Fsp3) is 0.467. The molecule has 0 unspecified atom stereocenters. The van der Waals surface area contributed by atoms with Gasteiger partial charge in [-0.2, -0.15) is 0 Å². The van der Waals surface area contributed by atoms with Gasteiger partial charge in [0.05, 0.1) is 0 Å². The summed E-state index contributed by atoms with van der Waals surface area (Å²) in [5.74, 6) is 0. The van der Waals surface area contributed by atoms with Gasteiger partial charge < -0.3 is 0 Å². The van der Waals surface area contributed by atoms with E-state index in [1.54, 1.807) is 5.57 Å². The van der Waals surface area contributed by atoms with Crippen LogP contribution in [0.15, 0.2) is 29.8 Å². The van der Waals surface area contributed by atoms with Crippen molar-refractivity contribution in [2.24, 2.45) is 5.41 Å². The lowest BCUT2D eigenvalue weighted by atomic mass is 9.73. The van der Waals surface area contributed by atoms with Crippen LogP contribution in [-0.4, -0.2) is 5.33 Å². The van der Waals surface area contributed by atoms with Gasteiger partial charge in [-0.15, -0.1) is 0 Å². The summed E-state index contributed by atoms with van der Waals surface area (Å²) < 4.78 is 0. The standard InChI is InChI=1S/C15H18BrCl/c1-15(2)8-7-14(12(9-15)10-16)11-3-5-13(17)6-4-11/h3-6H,7-10H2,1-2H3. The molecule has 0 radical (unpaired) electrons. The fourth-order valence-corrected chi connectivity index (χ4v) is 3.20. The molecule has 0 aromatic heterocycles. The van der Waals surface area contributed by atoms with Crippen molar-refractivity contribution >= 4 is 33.1 Å². The Morgan fingerprint density at radius 1 is 1.24 bits per heavy atom. The van der Waals surface area contributed by atoms with Crippen molar-refractivity contribution in [2.45, 2.75) is 33.1 Å². The van der Waals surface area contributed by atoms with Crippen molar-refractivity contribution in [3.05, 3.63) is 40.4 Å². The van der Waals surface area contributed by atoms with Crippen LogP contribution in [-0.2, 0) is 0 Å². The highest BCUT2D eigenvalue weighted by Crippen LogP contribution is 2.42. The van der Waals surface area contributed by atoms with Crippen LogP contribution in [0.4, 0.5) is 0 Å². The number of alkyl halides is 1. The van der Waals surface area contributed by atoms with Gasteiger partial charge in [-0.3, -0.25) is 0 Å². The summed E-state index contributed by atoms with van der Waals surface area (Å²) in [4.78, 5) is 0. The van der Waals surface area contributed by atoms with Crippen LogP contribution in [0.5, 0.6) is 0 Å². The number of halogens is 2. The summed E-state index contributed by atoms with van der Waals surface area (Å²) >= 11 is 9.57. The van der Waals surface area contributed by atoms with Crippen LogP contribution in [0, 0.1) is 5.41 Å². The zero-order chi connectivity index (χ0) is 12.5. The van der Waals surface area contributed by atoms with E-state index in [-0.39, 0.29) is 0 Å². The topological polar surface area (TPSA) is 0 Å². The van der Waals surface area contributed by atoms with Gasteiger partial charge in [0.2, 0.25) is 0 Å². The van der Waals surface area contributed by atoms with E-state index in [0.29, 0.717) is 5.41 Å². The number of hydrogen-bond donors (Lipinski definition) is 0. The van der Waals surface area contributed by atoms with E-state index in [2.05, 4.69) is 41.9 Å². The largest absolute Gasteiger partial charge is 0.0880 e. The second-order valence-electron chi connectivity index (χ2n) is 5.56. The molecule has 2 heteroatoms. The average molecular weight is 314 g/mol. The van der Waals surface area contributed by atoms with Crippen molar-refractivity contribution in [1.29, 1.82) is 0 Å². The lowest BCUT2D eigenvalue weighted by Crippen LogP contribution is -2.18. The molecular formula is C15H18BrCl. The Morgan fingerprint density at radius 3 is 2.47 bits per heavy atom. The zero-order valence-corrected chi connectivity index (χ0v) is 12.7. The third kappa shape index (κ3) is 3.14. The van der Waals surface area contributed by atoms with E-state index in [9.17, 15) is 0 Å². The Bertz CT molecular complexity index is 429. The molecule has 0 nitrogen and oxygen atoms in total. The third-order valence-electron chi connectivity index (χ3n) is 3.52. The Labute approximate surface area is 117 Å². The van der Waals surface area contributed by atoms with Crippen molar-refractivity contribution in [3.63, 3.8) is 0 Å². The molecular weight excluding hydrogens is 296 g/mol. The Balaban J connectivity index is 2.36. The van der Waals surface area contributed by atoms with E-state index >= 15 is 0 Å². The molecule has 0 bridgehead atoms. The van der Waals surface area contributed by atoms with Gasteiger partial charge in [0.25, 0.3) is 0 Å². The van der Waals surface area contributed by atoms with Crippen molar-refractivity contribution in [3.8, 4) is 0 Å². The Hall–Kier alpha value is -0.270. The molecule has 0 N–H and O–H groups in total. The summed E-state index contributed by atoms with van der Waals surface area (Å²) in [5.41, 5.74) is 4.83. The van der Waals surface area contributed by atoms with Gasteiger partial charge in [0.15, 0.2) is 0 Å². The molecule has 0 saturated carbocycles. The highest BCUT2D eigenvalue weighted by Gasteiger charge is 2.26. The maximum absolute atomic E-state index is 5.94. The molecule has 1 aromatic rings. The normalized spacial score (nSPS) is 19.5. The molecule has 17 heavy (non-hydrogen) atoms. The van der Waals surface area contributed by atoms with Crippen LogP contribution in [0.25, 0.3) is 5.57 Å². The first kappa shape index (κ1) is 13.2. The minimum Gasteiger partial charge on any atom is -0.0880 e. The molecule has 0 fully saturated rings. The Kier molecular flexibility index (Phi) is 3.99. The van der Waals surface area contributed by atoms with E-state index in [0.717, 1.165) is 10.4 Å². The predicted octanol–water partition coefficient (Wildman–Crippen LogP) is 5.70. The van der Waals surface area contributed by atoms with Crippen molar-refractivity contribution in [1.82, 2.24) is 0 Å². The summed E-state index contributed by atoms with van der Waals surface area (Å²) in [6.07, 6.45) is 3.63. The molecule has 2 rings (SSSR count). The molecule has 0 spiro atoms. The maximum atomic E-state index is 5.94. The fourth-order valence-electron chi connectivity index (χ4n) is 2.54. The van der Waals surface area contributed by atoms with Gasteiger partial charge in [-0.1, -0.05) is 59.1 Å². The average Bonchev–Trinajstić information content (AvgIpc) is 2.29. The molecule has 1 aromatic carbocycles. The van der Waals surface area contributed by atoms with Crippen LogP contribution >= 0.6 is 27.5 Å². The molecule has 1 aliphatic rings. The molecule has 0 aliphatic heterocycles. The minimum atomic E-state index is 0.443. The number of allylic oxidation sites excluding steroid dienone is 2. The smallest absolute Gasteiger partial charge is 0.0406 e. The highest BCUT2D eigenvalue weighted by molar-refractivity contribution is 9.09. The second-order valence-corrected chi connectivity index (χ2v) is 6.56. The molecule has 0 saturated heterocycles. The molecule has 0 atom stereocenters. The number of hydrogen-bond acceptors (Lipinski definition) is 0. The minimum absolute atomic E-state index is 0.443. The van der Waals surface area contributed by atoms with E-state index in [4.69, 9.17) is 11.6 Å². The Morgan fingerprint density at radius 2 is 1.88 bits per heavy atom. The second kappa shape index (κ2) is 5.16. The van der Waals surface area contributed by atoms with Crippen LogP contribution in [0.1, 0.15) is 38.7 Å².